The lowest BCUT2D eigenvalue weighted by atomic mass is 10.0. The summed E-state index contributed by atoms with van der Waals surface area (Å²) in [6.07, 6.45) is 13.7. The van der Waals surface area contributed by atoms with E-state index in [0.29, 0.717) is 18.1 Å². The maximum atomic E-state index is 10.2. The van der Waals surface area contributed by atoms with Gasteiger partial charge in [-0.25, -0.2) is 4.98 Å². The van der Waals surface area contributed by atoms with Crippen LogP contribution in [0.2, 0.25) is 0 Å². The summed E-state index contributed by atoms with van der Waals surface area (Å²) in [5.74, 6) is 1.12. The van der Waals surface area contributed by atoms with Crippen LogP contribution in [-0.2, 0) is 11.3 Å². The molecule has 0 radical (unpaired) electrons. The van der Waals surface area contributed by atoms with Gasteiger partial charge in [0.1, 0.15) is 0 Å². The Hall–Kier alpha value is -1.84. The van der Waals surface area contributed by atoms with Crippen LogP contribution < -0.4 is 5.32 Å². The van der Waals surface area contributed by atoms with Gasteiger partial charge in [-0.05, 0) is 12.3 Å². The maximum Gasteiger partial charge on any atom is 0.212 e. The number of carbonyl (C=O) groups excluding carboxylic acids is 1. The minimum atomic E-state index is 0.522. The third-order valence-corrected chi connectivity index (χ3v) is 2.35. The number of imidazole rings is 1. The Bertz CT molecular complexity index is 392. The van der Waals surface area contributed by atoms with Crippen LogP contribution in [0.4, 0.5) is 5.82 Å². The van der Waals surface area contributed by atoms with Gasteiger partial charge in [0.25, 0.3) is 0 Å². The smallest absolute Gasteiger partial charge is 0.212 e. The molecular weight excluding hydrogens is 190 g/mol. The Morgan fingerprint density at radius 3 is 3.27 bits per heavy atom. The van der Waals surface area contributed by atoms with Gasteiger partial charge in [-0.2, -0.15) is 0 Å². The second kappa shape index (κ2) is 4.59. The average Bonchev–Trinajstić information content (AvgIpc) is 2.68. The summed E-state index contributed by atoms with van der Waals surface area (Å²) < 4.78 is 1.99. The van der Waals surface area contributed by atoms with Crippen molar-refractivity contribution in [3.05, 3.63) is 36.8 Å². The monoisotopic (exact) mass is 203 g/mol. The van der Waals surface area contributed by atoms with Gasteiger partial charge in [0.15, 0.2) is 5.82 Å². The second-order valence-electron chi connectivity index (χ2n) is 3.53. The standard InChI is InChI=1S/C11H13N3O/c15-9-13-11-7-14(8-12-11)6-10-4-2-1-3-5-10/h1-4,7-10H,5-6H2,(H,13,15). The Balaban J connectivity index is 1.95. The molecule has 1 atom stereocenters. The lowest BCUT2D eigenvalue weighted by molar-refractivity contribution is -0.105. The minimum Gasteiger partial charge on any atom is -0.335 e. The van der Waals surface area contributed by atoms with Crippen LogP contribution in [0, 0.1) is 5.92 Å². The predicted molar refractivity (Wildman–Crippen MR) is 58.3 cm³/mol. The van der Waals surface area contributed by atoms with Crippen LogP contribution in [0.5, 0.6) is 0 Å². The number of carbonyl (C=O) groups is 1. The average molecular weight is 203 g/mol. The highest BCUT2D eigenvalue weighted by atomic mass is 16.1. The fourth-order valence-corrected chi connectivity index (χ4v) is 1.63. The van der Waals surface area contributed by atoms with Gasteiger partial charge >= 0.3 is 0 Å². The number of rotatable bonds is 4. The molecule has 15 heavy (non-hydrogen) atoms. The number of anilines is 1. The zero-order chi connectivity index (χ0) is 10.5. The van der Waals surface area contributed by atoms with Crippen molar-refractivity contribution in [1.82, 2.24) is 9.55 Å². The van der Waals surface area contributed by atoms with Crippen LogP contribution in [0.15, 0.2) is 36.8 Å². The van der Waals surface area contributed by atoms with E-state index in [0.717, 1.165) is 13.0 Å². The van der Waals surface area contributed by atoms with E-state index in [-0.39, 0.29) is 0 Å². The Morgan fingerprint density at radius 1 is 1.60 bits per heavy atom. The summed E-state index contributed by atoms with van der Waals surface area (Å²) >= 11 is 0. The highest BCUT2D eigenvalue weighted by Gasteiger charge is 2.06. The van der Waals surface area contributed by atoms with Crippen molar-refractivity contribution in [1.29, 1.82) is 0 Å². The van der Waals surface area contributed by atoms with Crippen molar-refractivity contribution in [2.45, 2.75) is 13.0 Å². The number of nitrogens with zero attached hydrogens (tertiary/aromatic N) is 2. The topological polar surface area (TPSA) is 46.9 Å². The molecule has 2 rings (SSSR count). The fourth-order valence-electron chi connectivity index (χ4n) is 1.63. The van der Waals surface area contributed by atoms with E-state index in [1.54, 1.807) is 6.33 Å². The molecule has 1 heterocycles. The molecule has 0 aromatic carbocycles. The molecule has 4 heteroatoms. The molecule has 0 fully saturated rings. The lowest BCUT2D eigenvalue weighted by Gasteiger charge is -2.12. The molecule has 1 N–H and O–H groups in total. The molecule has 1 unspecified atom stereocenters. The Kier molecular flexibility index (Phi) is 2.97. The van der Waals surface area contributed by atoms with E-state index >= 15 is 0 Å². The van der Waals surface area contributed by atoms with Crippen molar-refractivity contribution >= 4 is 12.2 Å². The molecule has 0 saturated carbocycles. The molecule has 78 valence electrons. The SMILES string of the molecule is O=CNc1cn(CC2C=CC=CC2)cn1. The van der Waals surface area contributed by atoms with Crippen LogP contribution in [-0.4, -0.2) is 16.0 Å². The molecule has 0 bridgehead atoms. The van der Waals surface area contributed by atoms with E-state index in [1.165, 1.54) is 0 Å². The summed E-state index contributed by atoms with van der Waals surface area (Å²) in [4.78, 5) is 14.2. The van der Waals surface area contributed by atoms with Crippen molar-refractivity contribution in [2.75, 3.05) is 5.32 Å². The largest absolute Gasteiger partial charge is 0.335 e. The quantitative estimate of drug-likeness (QED) is 0.755. The third kappa shape index (κ3) is 2.56. The molecule has 1 aliphatic rings. The number of allylic oxidation sites excluding steroid dienone is 4. The summed E-state index contributed by atoms with van der Waals surface area (Å²) in [5.41, 5.74) is 0. The lowest BCUT2D eigenvalue weighted by Crippen LogP contribution is -2.07. The van der Waals surface area contributed by atoms with Gasteiger partial charge in [0, 0.05) is 12.7 Å². The fraction of sp³-hybridized carbons (Fsp3) is 0.273. The third-order valence-electron chi connectivity index (χ3n) is 2.35. The van der Waals surface area contributed by atoms with Gasteiger partial charge < -0.3 is 9.88 Å². The van der Waals surface area contributed by atoms with Crippen LogP contribution >= 0.6 is 0 Å². The van der Waals surface area contributed by atoms with Gasteiger partial charge in [-0.1, -0.05) is 24.3 Å². The zero-order valence-corrected chi connectivity index (χ0v) is 8.34. The van der Waals surface area contributed by atoms with Crippen molar-refractivity contribution in [2.24, 2.45) is 5.92 Å². The number of amides is 1. The molecule has 0 aliphatic heterocycles. The van der Waals surface area contributed by atoms with Gasteiger partial charge in [0.05, 0.1) is 6.33 Å². The van der Waals surface area contributed by atoms with Crippen LogP contribution in [0.1, 0.15) is 6.42 Å². The van der Waals surface area contributed by atoms with E-state index in [4.69, 9.17) is 0 Å². The number of hydrogen-bond donors (Lipinski definition) is 1. The Labute approximate surface area is 88.3 Å². The first-order valence-corrected chi connectivity index (χ1v) is 4.94. The normalized spacial score (nSPS) is 19.1. The number of hydrogen-bond acceptors (Lipinski definition) is 2. The molecule has 4 nitrogen and oxygen atoms in total. The van der Waals surface area contributed by atoms with E-state index in [9.17, 15) is 4.79 Å². The van der Waals surface area contributed by atoms with E-state index in [2.05, 4.69) is 34.6 Å². The van der Waals surface area contributed by atoms with Crippen molar-refractivity contribution < 1.29 is 4.79 Å². The van der Waals surface area contributed by atoms with Crippen LogP contribution in [0.3, 0.4) is 0 Å². The van der Waals surface area contributed by atoms with E-state index < -0.39 is 0 Å². The van der Waals surface area contributed by atoms with Crippen molar-refractivity contribution in [3.8, 4) is 0 Å². The highest BCUT2D eigenvalue weighted by Crippen LogP contribution is 2.14. The van der Waals surface area contributed by atoms with Crippen molar-refractivity contribution in [3.63, 3.8) is 0 Å². The number of nitrogens with one attached hydrogen (secondary N) is 1. The summed E-state index contributed by atoms with van der Waals surface area (Å²) in [6, 6.07) is 0. The zero-order valence-electron chi connectivity index (χ0n) is 8.34. The molecule has 0 spiro atoms. The van der Waals surface area contributed by atoms with Gasteiger partial charge in [-0.15, -0.1) is 0 Å². The highest BCUT2D eigenvalue weighted by molar-refractivity contribution is 5.68. The predicted octanol–water partition coefficient (Wildman–Crippen LogP) is 1.58. The molecule has 1 aromatic rings. The molecule has 1 aliphatic carbocycles. The van der Waals surface area contributed by atoms with Crippen LogP contribution in [0.25, 0.3) is 0 Å². The summed E-state index contributed by atoms with van der Waals surface area (Å²) in [6.45, 7) is 0.897. The molecule has 0 saturated heterocycles. The molecular formula is C11H13N3O. The summed E-state index contributed by atoms with van der Waals surface area (Å²) in [5, 5.41) is 2.52. The first kappa shape index (κ1) is 9.71. The Morgan fingerprint density at radius 2 is 2.53 bits per heavy atom. The molecule has 1 amide bonds. The minimum absolute atomic E-state index is 0.522. The maximum absolute atomic E-state index is 10.2. The first-order valence-electron chi connectivity index (χ1n) is 4.94. The van der Waals surface area contributed by atoms with E-state index in [1.807, 2.05) is 10.8 Å². The molecule has 1 aromatic heterocycles. The number of aromatic nitrogens is 2. The first-order chi connectivity index (χ1) is 7.38. The second-order valence-corrected chi connectivity index (χ2v) is 3.53. The summed E-state index contributed by atoms with van der Waals surface area (Å²) in [7, 11) is 0. The van der Waals surface area contributed by atoms with Gasteiger partial charge in [-0.3, -0.25) is 4.79 Å². The van der Waals surface area contributed by atoms with Gasteiger partial charge in [0.2, 0.25) is 6.41 Å².